The summed E-state index contributed by atoms with van der Waals surface area (Å²) in [5.41, 5.74) is 5.84. The first-order valence-corrected chi connectivity index (χ1v) is 11.0. The van der Waals surface area contributed by atoms with Gasteiger partial charge in [0, 0.05) is 12.2 Å². The molecule has 1 aliphatic heterocycles. The van der Waals surface area contributed by atoms with Crippen LogP contribution in [0.1, 0.15) is 52.6 Å². The first kappa shape index (κ1) is 23.0. The third-order valence-electron chi connectivity index (χ3n) is 4.81. The van der Waals surface area contributed by atoms with E-state index in [-0.39, 0.29) is 11.4 Å². The van der Waals surface area contributed by atoms with Gasteiger partial charge < -0.3 is 20.1 Å². The van der Waals surface area contributed by atoms with Crippen molar-refractivity contribution in [3.8, 4) is 0 Å². The van der Waals surface area contributed by atoms with Gasteiger partial charge in [-0.05, 0) is 64.8 Å². The molecule has 1 aromatic carbocycles. The van der Waals surface area contributed by atoms with Crippen LogP contribution in [0.15, 0.2) is 23.1 Å². The molecule has 0 saturated carbocycles. The van der Waals surface area contributed by atoms with Crippen molar-refractivity contribution < 1.29 is 27.5 Å². The molecule has 0 unspecified atom stereocenters. The second kappa shape index (κ2) is 8.22. The third-order valence-corrected chi connectivity index (χ3v) is 7.04. The van der Waals surface area contributed by atoms with Crippen molar-refractivity contribution >= 4 is 27.6 Å². The number of amides is 1. The van der Waals surface area contributed by atoms with Crippen molar-refractivity contribution in [1.82, 2.24) is 4.90 Å². The zero-order valence-electron chi connectivity index (χ0n) is 17.8. The average molecular weight is 427 g/mol. The number of nitrogens with zero attached hydrogens (tertiary/aromatic N) is 1. The Balaban J connectivity index is 2.66. The molecular weight excluding hydrogens is 396 g/mol. The number of hydrogen-bond acceptors (Lipinski definition) is 7. The Morgan fingerprint density at radius 1 is 1.24 bits per heavy atom. The Kier molecular flexibility index (Phi) is 6.51. The number of sulfone groups is 1. The van der Waals surface area contributed by atoms with Gasteiger partial charge >= 0.3 is 12.1 Å². The molecule has 29 heavy (non-hydrogen) atoms. The lowest BCUT2D eigenvalue weighted by molar-refractivity contribution is -0.146. The van der Waals surface area contributed by atoms with Crippen molar-refractivity contribution in [2.45, 2.75) is 62.8 Å². The minimum Gasteiger partial charge on any atom is -0.469 e. The molecule has 0 aromatic heterocycles. The minimum absolute atomic E-state index is 0.0519. The summed E-state index contributed by atoms with van der Waals surface area (Å²) in [6.45, 7) is 8.60. The van der Waals surface area contributed by atoms with Gasteiger partial charge in [-0.1, -0.05) is 0 Å². The summed E-state index contributed by atoms with van der Waals surface area (Å²) >= 11 is 0. The molecule has 2 N–H and O–H groups in total. The molecule has 8 nitrogen and oxygen atoms in total. The number of esters is 1. The molecule has 1 heterocycles. The summed E-state index contributed by atoms with van der Waals surface area (Å²) in [5.74, 6) is -1.24. The van der Waals surface area contributed by atoms with Crippen LogP contribution in [0.5, 0.6) is 0 Å². The SMILES string of the molecule is COC(=O)[C@H]1CCN(C(=O)OC(C)(C)C)[C@@H]1c1cc(N)ccc1S(=O)(=O)C(C)C. The van der Waals surface area contributed by atoms with E-state index in [2.05, 4.69) is 0 Å². The van der Waals surface area contributed by atoms with Gasteiger partial charge in [0.1, 0.15) is 5.60 Å². The van der Waals surface area contributed by atoms with Crippen LogP contribution in [-0.2, 0) is 24.1 Å². The van der Waals surface area contributed by atoms with E-state index in [1.807, 2.05) is 0 Å². The van der Waals surface area contributed by atoms with Crippen molar-refractivity contribution in [2.75, 3.05) is 19.4 Å². The van der Waals surface area contributed by atoms with E-state index in [1.165, 1.54) is 30.2 Å². The van der Waals surface area contributed by atoms with Crippen LogP contribution in [0, 0.1) is 5.92 Å². The second-order valence-electron chi connectivity index (χ2n) is 8.43. The molecule has 0 aliphatic carbocycles. The standard InChI is InChI=1S/C20H30N2O6S/c1-12(2)29(25,26)16-8-7-13(21)11-15(16)17-14(18(23)27-6)9-10-22(17)19(24)28-20(3,4)5/h7-8,11-12,14,17H,9-10,21H2,1-6H3/t14-,17-/m0/s1. The highest BCUT2D eigenvalue weighted by molar-refractivity contribution is 7.92. The van der Waals surface area contributed by atoms with Gasteiger partial charge in [-0.25, -0.2) is 13.2 Å². The highest BCUT2D eigenvalue weighted by Gasteiger charge is 2.46. The number of nitrogen functional groups attached to an aromatic ring is 1. The van der Waals surface area contributed by atoms with E-state index < -0.39 is 44.7 Å². The molecule has 2 atom stereocenters. The maximum absolute atomic E-state index is 13.0. The number of nitrogens with two attached hydrogens (primary N) is 1. The minimum atomic E-state index is -3.69. The van der Waals surface area contributed by atoms with E-state index in [0.29, 0.717) is 17.7 Å². The summed E-state index contributed by atoms with van der Waals surface area (Å²) in [5, 5.41) is -0.683. The number of rotatable bonds is 4. The number of ether oxygens (including phenoxy) is 2. The molecule has 2 rings (SSSR count). The van der Waals surface area contributed by atoms with E-state index >= 15 is 0 Å². The molecule has 1 amide bonds. The van der Waals surface area contributed by atoms with Gasteiger partial charge in [0.15, 0.2) is 9.84 Å². The normalized spacial score (nSPS) is 20.0. The van der Waals surface area contributed by atoms with Crippen molar-refractivity contribution in [3.63, 3.8) is 0 Å². The van der Waals surface area contributed by atoms with Crippen LogP contribution >= 0.6 is 0 Å². The molecule has 0 radical (unpaired) electrons. The fraction of sp³-hybridized carbons (Fsp3) is 0.600. The second-order valence-corrected chi connectivity index (χ2v) is 10.9. The molecule has 1 aromatic rings. The Labute approximate surface area is 172 Å². The van der Waals surface area contributed by atoms with Gasteiger partial charge in [0.2, 0.25) is 0 Å². The van der Waals surface area contributed by atoms with Crippen LogP contribution < -0.4 is 5.73 Å². The smallest absolute Gasteiger partial charge is 0.410 e. The first-order chi connectivity index (χ1) is 13.3. The van der Waals surface area contributed by atoms with Crippen molar-refractivity contribution in [3.05, 3.63) is 23.8 Å². The van der Waals surface area contributed by atoms with Crippen LogP contribution in [0.3, 0.4) is 0 Å². The van der Waals surface area contributed by atoms with E-state index in [9.17, 15) is 18.0 Å². The molecule has 0 spiro atoms. The molecule has 1 aliphatic rings. The van der Waals surface area contributed by atoms with E-state index in [1.54, 1.807) is 34.6 Å². The highest BCUT2D eigenvalue weighted by atomic mass is 32.2. The highest BCUT2D eigenvalue weighted by Crippen LogP contribution is 2.42. The van der Waals surface area contributed by atoms with Crippen LogP contribution in [0.25, 0.3) is 0 Å². The number of hydrogen-bond donors (Lipinski definition) is 1. The van der Waals surface area contributed by atoms with Gasteiger partial charge in [-0.15, -0.1) is 0 Å². The van der Waals surface area contributed by atoms with E-state index in [4.69, 9.17) is 15.2 Å². The Morgan fingerprint density at radius 2 is 1.86 bits per heavy atom. The maximum atomic E-state index is 13.0. The maximum Gasteiger partial charge on any atom is 0.410 e. The molecule has 1 fully saturated rings. The Bertz CT molecular complexity index is 889. The topological polar surface area (TPSA) is 116 Å². The number of anilines is 1. The van der Waals surface area contributed by atoms with Crippen LogP contribution in [0.2, 0.25) is 0 Å². The zero-order chi connectivity index (χ0) is 22.1. The summed E-state index contributed by atoms with van der Waals surface area (Å²) in [6.07, 6.45) is -0.295. The van der Waals surface area contributed by atoms with Gasteiger partial charge in [-0.2, -0.15) is 0 Å². The first-order valence-electron chi connectivity index (χ1n) is 9.50. The lowest BCUT2D eigenvalue weighted by atomic mass is 9.93. The zero-order valence-corrected chi connectivity index (χ0v) is 18.6. The van der Waals surface area contributed by atoms with Gasteiger partial charge in [0.25, 0.3) is 0 Å². The lowest BCUT2D eigenvalue weighted by Crippen LogP contribution is -2.39. The molecule has 9 heteroatoms. The van der Waals surface area contributed by atoms with Crippen LogP contribution in [0.4, 0.5) is 10.5 Å². The molecule has 0 bridgehead atoms. The van der Waals surface area contributed by atoms with Crippen molar-refractivity contribution in [1.29, 1.82) is 0 Å². The fourth-order valence-electron chi connectivity index (χ4n) is 3.41. The predicted octanol–water partition coefficient (Wildman–Crippen LogP) is 2.92. The number of benzene rings is 1. The third kappa shape index (κ3) is 4.83. The predicted molar refractivity (Wildman–Crippen MR) is 109 cm³/mol. The van der Waals surface area contributed by atoms with Gasteiger partial charge in [-0.3, -0.25) is 4.79 Å². The number of carbonyl (C=O) groups excluding carboxylic acids is 2. The molecular formula is C20H30N2O6S. The average Bonchev–Trinajstić information content (AvgIpc) is 3.04. The Morgan fingerprint density at radius 3 is 2.38 bits per heavy atom. The molecule has 1 saturated heterocycles. The monoisotopic (exact) mass is 426 g/mol. The molecule has 162 valence electrons. The summed E-state index contributed by atoms with van der Waals surface area (Å²) < 4.78 is 36.4. The summed E-state index contributed by atoms with van der Waals surface area (Å²) in [6, 6.07) is 3.58. The largest absolute Gasteiger partial charge is 0.469 e. The lowest BCUT2D eigenvalue weighted by Gasteiger charge is -2.31. The summed E-state index contributed by atoms with van der Waals surface area (Å²) in [4.78, 5) is 26.7. The number of carbonyl (C=O) groups is 2. The van der Waals surface area contributed by atoms with Crippen molar-refractivity contribution in [2.24, 2.45) is 5.92 Å². The Hall–Kier alpha value is -2.29. The van der Waals surface area contributed by atoms with E-state index in [0.717, 1.165) is 0 Å². The van der Waals surface area contributed by atoms with Gasteiger partial charge in [0.05, 0.1) is 29.2 Å². The fourth-order valence-corrected chi connectivity index (χ4v) is 4.69. The number of methoxy groups -OCH3 is 1. The quantitative estimate of drug-likeness (QED) is 0.581. The van der Waals surface area contributed by atoms with Crippen LogP contribution in [-0.4, -0.2) is 49.9 Å². The number of likely N-dealkylation sites (tertiary alicyclic amines) is 1. The summed E-state index contributed by atoms with van der Waals surface area (Å²) in [7, 11) is -2.42.